The molecule has 18 heavy (non-hydrogen) atoms. The number of carbonyl (C=O) groups is 1. The molecule has 2 N–H and O–H groups in total. The van der Waals surface area contributed by atoms with Gasteiger partial charge in [0, 0.05) is 24.3 Å². The molecule has 0 spiro atoms. The highest BCUT2D eigenvalue weighted by atomic mass is 16.1. The maximum absolute atomic E-state index is 12.2. The Hall–Kier alpha value is -1.51. The van der Waals surface area contributed by atoms with Crippen molar-refractivity contribution in [3.05, 3.63) is 29.3 Å². The molecular weight excluding hydrogens is 224 g/mol. The maximum atomic E-state index is 12.2. The number of hydrogen-bond acceptors (Lipinski definition) is 2. The zero-order chi connectivity index (χ0) is 12.4. The molecule has 0 radical (unpaired) electrons. The fourth-order valence-corrected chi connectivity index (χ4v) is 2.75. The lowest BCUT2D eigenvalue weighted by atomic mass is 9.85. The first-order chi connectivity index (χ1) is 8.84. The van der Waals surface area contributed by atoms with E-state index in [1.807, 2.05) is 12.1 Å². The Labute approximate surface area is 108 Å². The number of benzene rings is 1. The van der Waals surface area contributed by atoms with E-state index in [9.17, 15) is 4.79 Å². The van der Waals surface area contributed by atoms with Gasteiger partial charge in [0.25, 0.3) is 5.91 Å². The fourth-order valence-electron chi connectivity index (χ4n) is 2.75. The standard InChI is InChI=1S/C15H20N2O/c18-15(17-10-11-4-1-5-11)13-6-2-8-14-12(13)7-3-9-16-14/h2,6,8,11,16H,1,3-5,7,9-10H2,(H,17,18). The van der Waals surface area contributed by atoms with Crippen LogP contribution < -0.4 is 10.6 Å². The third kappa shape index (κ3) is 2.22. The van der Waals surface area contributed by atoms with Gasteiger partial charge in [-0.05, 0) is 49.3 Å². The number of hydrogen-bond donors (Lipinski definition) is 2. The van der Waals surface area contributed by atoms with Gasteiger partial charge in [-0.1, -0.05) is 12.5 Å². The first-order valence-corrected chi connectivity index (χ1v) is 6.98. The summed E-state index contributed by atoms with van der Waals surface area (Å²) in [7, 11) is 0. The molecule has 1 fully saturated rings. The van der Waals surface area contributed by atoms with Crippen molar-refractivity contribution in [3.63, 3.8) is 0 Å². The molecular formula is C15H20N2O. The van der Waals surface area contributed by atoms with Crippen LogP contribution in [0.25, 0.3) is 0 Å². The zero-order valence-corrected chi connectivity index (χ0v) is 10.7. The highest BCUT2D eigenvalue weighted by Gasteiger charge is 2.20. The Bertz CT molecular complexity index is 452. The molecule has 1 saturated carbocycles. The second-order valence-electron chi connectivity index (χ2n) is 5.37. The van der Waals surface area contributed by atoms with E-state index in [4.69, 9.17) is 0 Å². The predicted octanol–water partition coefficient (Wildman–Crippen LogP) is 2.57. The summed E-state index contributed by atoms with van der Waals surface area (Å²) < 4.78 is 0. The van der Waals surface area contributed by atoms with Crippen molar-refractivity contribution in [2.45, 2.75) is 32.1 Å². The van der Waals surface area contributed by atoms with Crippen molar-refractivity contribution in [1.29, 1.82) is 0 Å². The molecule has 1 heterocycles. The molecule has 1 aliphatic carbocycles. The lowest BCUT2D eigenvalue weighted by Crippen LogP contribution is -2.33. The SMILES string of the molecule is O=C(NCC1CCC1)c1cccc2c1CCCN2. The fraction of sp³-hybridized carbons (Fsp3) is 0.533. The van der Waals surface area contributed by atoms with Crippen LogP contribution >= 0.6 is 0 Å². The Morgan fingerprint density at radius 1 is 1.33 bits per heavy atom. The Morgan fingerprint density at radius 3 is 3.00 bits per heavy atom. The predicted molar refractivity (Wildman–Crippen MR) is 72.9 cm³/mol. The summed E-state index contributed by atoms with van der Waals surface area (Å²) in [6.45, 7) is 1.86. The summed E-state index contributed by atoms with van der Waals surface area (Å²) in [5, 5.41) is 6.45. The molecule has 0 bridgehead atoms. The van der Waals surface area contributed by atoms with E-state index >= 15 is 0 Å². The summed E-state index contributed by atoms with van der Waals surface area (Å²) in [5.41, 5.74) is 3.19. The topological polar surface area (TPSA) is 41.1 Å². The van der Waals surface area contributed by atoms with Crippen molar-refractivity contribution in [2.24, 2.45) is 5.92 Å². The highest BCUT2D eigenvalue weighted by Crippen LogP contribution is 2.27. The average molecular weight is 244 g/mol. The molecule has 3 rings (SSSR count). The van der Waals surface area contributed by atoms with Crippen LogP contribution in [0.1, 0.15) is 41.6 Å². The van der Waals surface area contributed by atoms with Crippen LogP contribution in [-0.4, -0.2) is 19.0 Å². The summed E-state index contributed by atoms with van der Waals surface area (Å²) in [6, 6.07) is 5.98. The summed E-state index contributed by atoms with van der Waals surface area (Å²) >= 11 is 0. The Morgan fingerprint density at radius 2 is 2.22 bits per heavy atom. The van der Waals surface area contributed by atoms with E-state index < -0.39 is 0 Å². The first kappa shape index (κ1) is 11.6. The van der Waals surface area contributed by atoms with Crippen molar-refractivity contribution < 1.29 is 4.79 Å². The van der Waals surface area contributed by atoms with E-state index in [-0.39, 0.29) is 5.91 Å². The second kappa shape index (κ2) is 5.01. The lowest BCUT2D eigenvalue weighted by Gasteiger charge is -2.26. The van der Waals surface area contributed by atoms with E-state index in [0.717, 1.165) is 37.2 Å². The van der Waals surface area contributed by atoms with Crippen LogP contribution in [0.3, 0.4) is 0 Å². The maximum Gasteiger partial charge on any atom is 0.251 e. The van der Waals surface area contributed by atoms with Gasteiger partial charge in [-0.3, -0.25) is 4.79 Å². The van der Waals surface area contributed by atoms with Gasteiger partial charge in [0.15, 0.2) is 0 Å². The minimum Gasteiger partial charge on any atom is -0.385 e. The molecule has 96 valence electrons. The van der Waals surface area contributed by atoms with Crippen LogP contribution in [0.4, 0.5) is 5.69 Å². The Balaban J connectivity index is 1.72. The number of anilines is 1. The molecule has 0 atom stereocenters. The van der Waals surface area contributed by atoms with Gasteiger partial charge >= 0.3 is 0 Å². The van der Waals surface area contributed by atoms with Crippen molar-refractivity contribution in [1.82, 2.24) is 5.32 Å². The van der Waals surface area contributed by atoms with Gasteiger partial charge in [0.1, 0.15) is 0 Å². The average Bonchev–Trinajstić information content (AvgIpc) is 2.36. The first-order valence-electron chi connectivity index (χ1n) is 6.98. The molecule has 0 aromatic heterocycles. The van der Waals surface area contributed by atoms with Crippen LogP contribution in [0, 0.1) is 5.92 Å². The molecule has 0 saturated heterocycles. The molecule has 1 aromatic carbocycles. The number of rotatable bonds is 3. The zero-order valence-electron chi connectivity index (χ0n) is 10.7. The van der Waals surface area contributed by atoms with Gasteiger partial charge < -0.3 is 10.6 Å². The largest absolute Gasteiger partial charge is 0.385 e. The smallest absolute Gasteiger partial charge is 0.251 e. The molecule has 1 amide bonds. The summed E-state index contributed by atoms with van der Waals surface area (Å²) in [4.78, 5) is 12.2. The van der Waals surface area contributed by atoms with Crippen LogP contribution in [-0.2, 0) is 6.42 Å². The molecule has 0 unspecified atom stereocenters. The van der Waals surface area contributed by atoms with Gasteiger partial charge in [-0.2, -0.15) is 0 Å². The quantitative estimate of drug-likeness (QED) is 0.858. The van der Waals surface area contributed by atoms with E-state index in [0.29, 0.717) is 5.92 Å². The molecule has 3 heteroatoms. The number of amides is 1. The number of nitrogens with one attached hydrogen (secondary N) is 2. The van der Waals surface area contributed by atoms with Crippen molar-refractivity contribution in [3.8, 4) is 0 Å². The van der Waals surface area contributed by atoms with Gasteiger partial charge in [-0.25, -0.2) is 0 Å². The lowest BCUT2D eigenvalue weighted by molar-refractivity contribution is 0.0938. The molecule has 1 aliphatic heterocycles. The molecule has 2 aliphatic rings. The molecule has 3 nitrogen and oxygen atoms in total. The minimum atomic E-state index is 0.0995. The van der Waals surface area contributed by atoms with E-state index in [2.05, 4.69) is 16.7 Å². The summed E-state index contributed by atoms with van der Waals surface area (Å²) in [6.07, 6.45) is 5.99. The van der Waals surface area contributed by atoms with Gasteiger partial charge in [0.2, 0.25) is 0 Å². The van der Waals surface area contributed by atoms with Crippen LogP contribution in [0.5, 0.6) is 0 Å². The van der Waals surface area contributed by atoms with E-state index in [1.165, 1.54) is 24.8 Å². The minimum absolute atomic E-state index is 0.0995. The van der Waals surface area contributed by atoms with Crippen molar-refractivity contribution >= 4 is 11.6 Å². The molecule has 1 aromatic rings. The second-order valence-corrected chi connectivity index (χ2v) is 5.37. The monoisotopic (exact) mass is 244 g/mol. The van der Waals surface area contributed by atoms with E-state index in [1.54, 1.807) is 0 Å². The van der Waals surface area contributed by atoms with Crippen LogP contribution in [0.2, 0.25) is 0 Å². The van der Waals surface area contributed by atoms with Crippen LogP contribution in [0.15, 0.2) is 18.2 Å². The van der Waals surface area contributed by atoms with Crippen molar-refractivity contribution in [2.75, 3.05) is 18.4 Å². The normalized spacial score (nSPS) is 18.4. The Kier molecular flexibility index (Phi) is 3.22. The highest BCUT2D eigenvalue weighted by molar-refractivity contribution is 5.97. The van der Waals surface area contributed by atoms with Gasteiger partial charge in [-0.15, -0.1) is 0 Å². The van der Waals surface area contributed by atoms with Gasteiger partial charge in [0.05, 0.1) is 0 Å². The third-order valence-electron chi connectivity index (χ3n) is 4.12. The number of carbonyl (C=O) groups excluding carboxylic acids is 1. The summed E-state index contributed by atoms with van der Waals surface area (Å²) in [5.74, 6) is 0.814. The number of fused-ring (bicyclic) bond motifs is 1. The third-order valence-corrected chi connectivity index (χ3v) is 4.12.